The van der Waals surface area contributed by atoms with Crippen molar-refractivity contribution in [1.82, 2.24) is 0 Å². The van der Waals surface area contributed by atoms with Crippen molar-refractivity contribution in [2.24, 2.45) is 5.41 Å². The van der Waals surface area contributed by atoms with Crippen molar-refractivity contribution in [2.45, 2.75) is 64.4 Å². The summed E-state index contributed by atoms with van der Waals surface area (Å²) < 4.78 is 0. The number of carboxylic acids is 1. The van der Waals surface area contributed by atoms with Crippen LogP contribution in [0.3, 0.4) is 0 Å². The van der Waals surface area contributed by atoms with Gasteiger partial charge in [-0.1, -0.05) is 51.0 Å². The smallest absolute Gasteiger partial charge is 0.303 e. The molecule has 1 aromatic rings. The zero-order chi connectivity index (χ0) is 15.5. The van der Waals surface area contributed by atoms with Crippen molar-refractivity contribution in [2.75, 3.05) is 0 Å². The maximum Gasteiger partial charge on any atom is 0.303 e. The van der Waals surface area contributed by atoms with Gasteiger partial charge in [0.15, 0.2) is 0 Å². The van der Waals surface area contributed by atoms with E-state index in [0.717, 1.165) is 31.2 Å². The van der Waals surface area contributed by atoms with E-state index in [1.54, 1.807) is 0 Å². The van der Waals surface area contributed by atoms with Gasteiger partial charge in [-0.15, -0.1) is 0 Å². The average molecular weight is 290 g/mol. The van der Waals surface area contributed by atoms with Gasteiger partial charge in [0.2, 0.25) is 0 Å². The van der Waals surface area contributed by atoms with Gasteiger partial charge < -0.3 is 10.2 Å². The lowest BCUT2D eigenvalue weighted by molar-refractivity contribution is -0.140. The fourth-order valence-electron chi connectivity index (χ4n) is 3.53. The predicted octanol–water partition coefficient (Wildman–Crippen LogP) is 4.27. The van der Waals surface area contributed by atoms with Gasteiger partial charge in [0.25, 0.3) is 0 Å². The first kappa shape index (κ1) is 16.0. The Bertz CT molecular complexity index is 470. The van der Waals surface area contributed by atoms with Gasteiger partial charge in [-0.25, -0.2) is 0 Å². The number of benzene rings is 1. The van der Waals surface area contributed by atoms with Crippen molar-refractivity contribution in [1.29, 1.82) is 0 Å². The lowest BCUT2D eigenvalue weighted by Crippen LogP contribution is -2.23. The molecule has 1 atom stereocenters. The van der Waals surface area contributed by atoms with Gasteiger partial charge in [-0.05, 0) is 41.7 Å². The molecular formula is C18H26O3. The van der Waals surface area contributed by atoms with Gasteiger partial charge in [-0.3, -0.25) is 4.79 Å². The lowest BCUT2D eigenvalue weighted by atomic mass is 9.76. The zero-order valence-electron chi connectivity index (χ0n) is 13.0. The van der Waals surface area contributed by atoms with E-state index in [-0.39, 0.29) is 11.8 Å². The molecule has 1 unspecified atom stereocenters. The van der Waals surface area contributed by atoms with Crippen LogP contribution in [0.1, 0.15) is 75.5 Å². The second-order valence-corrected chi connectivity index (χ2v) is 6.82. The van der Waals surface area contributed by atoms with Crippen LogP contribution >= 0.6 is 0 Å². The third kappa shape index (κ3) is 4.07. The molecule has 0 bridgehead atoms. The summed E-state index contributed by atoms with van der Waals surface area (Å²) in [6, 6.07) is 8.07. The number of carboxylic acid groups (broad SMARTS) is 1. The molecule has 1 saturated carbocycles. The number of rotatable bonds is 6. The first-order valence-electron chi connectivity index (χ1n) is 7.92. The number of aliphatic carboxylic acids is 1. The molecule has 0 amide bonds. The Kier molecular flexibility index (Phi) is 5.04. The first-order valence-corrected chi connectivity index (χ1v) is 7.92. The van der Waals surface area contributed by atoms with Crippen molar-refractivity contribution in [3.8, 4) is 0 Å². The molecule has 21 heavy (non-hydrogen) atoms. The summed E-state index contributed by atoms with van der Waals surface area (Å²) in [6.45, 7) is 4.29. The highest BCUT2D eigenvalue weighted by atomic mass is 16.4. The Balaban J connectivity index is 2.08. The number of carbonyl (C=O) groups is 1. The monoisotopic (exact) mass is 290 g/mol. The van der Waals surface area contributed by atoms with E-state index in [1.165, 1.54) is 5.56 Å². The van der Waals surface area contributed by atoms with Crippen LogP contribution in [0.4, 0.5) is 0 Å². The SMILES string of the molecule is CC(C)c1ccc(C(O)CC2(CC(=O)O)CCCC2)cc1. The van der Waals surface area contributed by atoms with Crippen LogP contribution in [0.25, 0.3) is 0 Å². The van der Waals surface area contributed by atoms with E-state index in [9.17, 15) is 9.90 Å². The largest absolute Gasteiger partial charge is 0.481 e. The Labute approximate surface area is 127 Å². The molecule has 0 aromatic heterocycles. The van der Waals surface area contributed by atoms with E-state index in [1.807, 2.05) is 12.1 Å². The van der Waals surface area contributed by atoms with Crippen LogP contribution < -0.4 is 0 Å². The van der Waals surface area contributed by atoms with Crippen LogP contribution in [0.5, 0.6) is 0 Å². The van der Waals surface area contributed by atoms with Crippen LogP contribution in [0.15, 0.2) is 24.3 Å². The molecule has 3 nitrogen and oxygen atoms in total. The van der Waals surface area contributed by atoms with Crippen molar-refractivity contribution >= 4 is 5.97 Å². The topological polar surface area (TPSA) is 57.5 Å². The van der Waals surface area contributed by atoms with Crippen LogP contribution in [-0.2, 0) is 4.79 Å². The highest BCUT2D eigenvalue weighted by Gasteiger charge is 2.37. The van der Waals surface area contributed by atoms with Gasteiger partial charge >= 0.3 is 5.97 Å². The highest BCUT2D eigenvalue weighted by Crippen LogP contribution is 2.47. The molecule has 0 radical (unpaired) electrons. The molecule has 1 fully saturated rings. The van der Waals surface area contributed by atoms with Crippen LogP contribution in [0.2, 0.25) is 0 Å². The minimum Gasteiger partial charge on any atom is -0.481 e. The summed E-state index contributed by atoms with van der Waals surface area (Å²) in [7, 11) is 0. The molecule has 0 spiro atoms. The number of hydrogen-bond donors (Lipinski definition) is 2. The lowest BCUT2D eigenvalue weighted by Gasteiger charge is -2.30. The minimum atomic E-state index is -0.751. The van der Waals surface area contributed by atoms with Gasteiger partial charge in [0, 0.05) is 0 Å². The quantitative estimate of drug-likeness (QED) is 0.822. The van der Waals surface area contributed by atoms with E-state index >= 15 is 0 Å². The minimum absolute atomic E-state index is 0.175. The molecule has 1 aliphatic rings. The molecule has 1 aromatic carbocycles. The normalized spacial score (nSPS) is 18.9. The summed E-state index contributed by atoms with van der Waals surface area (Å²) in [5, 5.41) is 19.6. The molecule has 0 heterocycles. The molecule has 116 valence electrons. The van der Waals surface area contributed by atoms with E-state index in [2.05, 4.69) is 26.0 Å². The Hall–Kier alpha value is -1.35. The highest BCUT2D eigenvalue weighted by molar-refractivity contribution is 5.67. The van der Waals surface area contributed by atoms with Gasteiger partial charge in [0.1, 0.15) is 0 Å². The Morgan fingerprint density at radius 2 is 1.67 bits per heavy atom. The third-order valence-electron chi connectivity index (χ3n) is 4.80. The molecule has 1 aliphatic carbocycles. The second-order valence-electron chi connectivity index (χ2n) is 6.82. The van der Waals surface area contributed by atoms with Crippen molar-refractivity contribution < 1.29 is 15.0 Å². The summed E-state index contributed by atoms with van der Waals surface area (Å²) >= 11 is 0. The Morgan fingerprint density at radius 3 is 2.14 bits per heavy atom. The number of aliphatic hydroxyl groups is 1. The molecular weight excluding hydrogens is 264 g/mol. The predicted molar refractivity (Wildman–Crippen MR) is 83.3 cm³/mol. The maximum absolute atomic E-state index is 11.1. The van der Waals surface area contributed by atoms with Crippen molar-refractivity contribution in [3.05, 3.63) is 35.4 Å². The standard InChI is InChI=1S/C18H26O3/c1-13(2)14-5-7-15(8-6-14)16(19)11-18(12-17(20)21)9-3-4-10-18/h5-8,13,16,19H,3-4,9-12H2,1-2H3,(H,20,21). The van der Waals surface area contributed by atoms with Gasteiger partial charge in [-0.2, -0.15) is 0 Å². The number of aliphatic hydroxyl groups excluding tert-OH is 1. The number of hydrogen-bond acceptors (Lipinski definition) is 2. The second kappa shape index (κ2) is 6.61. The zero-order valence-corrected chi connectivity index (χ0v) is 13.0. The van der Waals surface area contributed by atoms with E-state index < -0.39 is 12.1 Å². The first-order chi connectivity index (χ1) is 9.92. The molecule has 0 aliphatic heterocycles. The van der Waals surface area contributed by atoms with Crippen LogP contribution in [0, 0.1) is 5.41 Å². The van der Waals surface area contributed by atoms with E-state index in [0.29, 0.717) is 12.3 Å². The molecule has 2 N–H and O–H groups in total. The third-order valence-corrected chi connectivity index (χ3v) is 4.80. The summed E-state index contributed by atoms with van der Waals surface area (Å²) in [4.78, 5) is 11.1. The fourth-order valence-corrected chi connectivity index (χ4v) is 3.53. The van der Waals surface area contributed by atoms with Crippen molar-refractivity contribution in [3.63, 3.8) is 0 Å². The Morgan fingerprint density at radius 1 is 1.14 bits per heavy atom. The molecule has 3 heteroatoms. The fraction of sp³-hybridized carbons (Fsp3) is 0.611. The summed E-state index contributed by atoms with van der Waals surface area (Å²) in [6.07, 6.45) is 4.15. The molecule has 2 rings (SSSR count). The van der Waals surface area contributed by atoms with Crippen LogP contribution in [-0.4, -0.2) is 16.2 Å². The average Bonchev–Trinajstić information content (AvgIpc) is 2.86. The maximum atomic E-state index is 11.1. The van der Waals surface area contributed by atoms with Gasteiger partial charge in [0.05, 0.1) is 12.5 Å². The summed E-state index contributed by atoms with van der Waals surface area (Å²) in [5.74, 6) is -0.274. The summed E-state index contributed by atoms with van der Waals surface area (Å²) in [5.41, 5.74) is 1.94. The molecule has 0 saturated heterocycles. The van der Waals surface area contributed by atoms with E-state index in [4.69, 9.17) is 5.11 Å².